The zero-order valence-electron chi connectivity index (χ0n) is 15.9. The quantitative estimate of drug-likeness (QED) is 0.579. The fourth-order valence-electron chi connectivity index (χ4n) is 3.63. The van der Waals surface area contributed by atoms with Crippen LogP contribution in [0.5, 0.6) is 0 Å². The van der Waals surface area contributed by atoms with Gasteiger partial charge in [-0.25, -0.2) is 4.98 Å². The van der Waals surface area contributed by atoms with Gasteiger partial charge in [0.25, 0.3) is 5.91 Å². The Morgan fingerprint density at radius 2 is 2.00 bits per heavy atom. The van der Waals surface area contributed by atoms with Crippen LogP contribution in [0.25, 0.3) is 22.3 Å². The number of halogens is 2. The Balaban J connectivity index is 1.80. The summed E-state index contributed by atoms with van der Waals surface area (Å²) < 4.78 is 0. The minimum atomic E-state index is -0.668. The number of carbonyl (C=O) groups is 1. The summed E-state index contributed by atoms with van der Waals surface area (Å²) in [6.07, 6.45) is 2.56. The molecule has 0 bridgehead atoms. The Hall–Kier alpha value is -2.42. The number of nitrogens with zero attached hydrogens (tertiary/aromatic N) is 4. The SMILES string of the molecule is CCC1(N)CCN(c2nc(C(N)=O)c3c(-c4cccc(Cl)c4Cl)n[nH]c3n2)CC1. The van der Waals surface area contributed by atoms with Crippen molar-refractivity contribution in [3.63, 3.8) is 0 Å². The van der Waals surface area contributed by atoms with Crippen molar-refractivity contribution in [3.8, 4) is 11.3 Å². The summed E-state index contributed by atoms with van der Waals surface area (Å²) >= 11 is 12.5. The van der Waals surface area contributed by atoms with Crippen LogP contribution in [0.3, 0.4) is 0 Å². The molecule has 3 aromatic rings. The first kappa shape index (κ1) is 19.9. The highest BCUT2D eigenvalue weighted by molar-refractivity contribution is 6.43. The van der Waals surface area contributed by atoms with Gasteiger partial charge < -0.3 is 16.4 Å². The largest absolute Gasteiger partial charge is 0.364 e. The number of carbonyl (C=O) groups excluding carboxylic acids is 1. The molecule has 1 fully saturated rings. The van der Waals surface area contributed by atoms with Crippen LogP contribution in [0.1, 0.15) is 36.7 Å². The van der Waals surface area contributed by atoms with Crippen molar-refractivity contribution in [3.05, 3.63) is 33.9 Å². The Bertz CT molecular complexity index is 1090. The lowest BCUT2D eigenvalue weighted by Crippen LogP contribution is -2.50. The number of H-pyrrole nitrogens is 1. The predicted octanol–water partition coefficient (Wildman–Crippen LogP) is 3.13. The van der Waals surface area contributed by atoms with Gasteiger partial charge in [0.2, 0.25) is 5.95 Å². The molecule has 2 aromatic heterocycles. The van der Waals surface area contributed by atoms with Gasteiger partial charge in [-0.3, -0.25) is 9.89 Å². The van der Waals surface area contributed by atoms with Crippen LogP contribution in [-0.2, 0) is 0 Å². The molecule has 1 aromatic carbocycles. The van der Waals surface area contributed by atoms with E-state index in [2.05, 4.69) is 27.1 Å². The maximum absolute atomic E-state index is 12.2. The van der Waals surface area contributed by atoms with E-state index >= 15 is 0 Å². The standard InChI is InChI=1S/C19H21Cl2N7O/c1-2-19(23)6-8-28(9-7-19)18-24-15(16(22)29)12-14(26-27-17(12)25-18)10-4-3-5-11(20)13(10)21/h3-5H,2,6-9,23H2,1H3,(H2,22,29)(H,24,25,26,27). The highest BCUT2D eigenvalue weighted by Gasteiger charge is 2.31. The summed E-state index contributed by atoms with van der Waals surface area (Å²) in [5.41, 5.74) is 13.4. The predicted molar refractivity (Wildman–Crippen MR) is 114 cm³/mol. The average Bonchev–Trinajstić information content (AvgIpc) is 3.13. The van der Waals surface area contributed by atoms with E-state index in [1.165, 1.54) is 0 Å². The molecule has 0 radical (unpaired) electrons. The number of aromatic amines is 1. The molecule has 8 nitrogen and oxygen atoms in total. The molecule has 0 atom stereocenters. The van der Waals surface area contributed by atoms with Crippen molar-refractivity contribution in [1.82, 2.24) is 20.2 Å². The van der Waals surface area contributed by atoms with Crippen LogP contribution in [0.2, 0.25) is 10.0 Å². The van der Waals surface area contributed by atoms with Gasteiger partial charge in [0.1, 0.15) is 11.4 Å². The molecule has 1 amide bonds. The van der Waals surface area contributed by atoms with Crippen molar-refractivity contribution < 1.29 is 4.79 Å². The van der Waals surface area contributed by atoms with Crippen LogP contribution < -0.4 is 16.4 Å². The number of anilines is 1. The molecule has 152 valence electrons. The molecular formula is C19H21Cl2N7O. The van der Waals surface area contributed by atoms with Crippen LogP contribution in [-0.4, -0.2) is 44.7 Å². The zero-order valence-corrected chi connectivity index (χ0v) is 17.4. The van der Waals surface area contributed by atoms with E-state index in [0.29, 0.717) is 51.4 Å². The molecule has 1 saturated heterocycles. The maximum atomic E-state index is 12.2. The number of primary amides is 1. The van der Waals surface area contributed by atoms with E-state index in [0.717, 1.165) is 19.3 Å². The molecular weight excluding hydrogens is 413 g/mol. The number of benzene rings is 1. The third-order valence-corrected chi connectivity index (χ3v) is 6.41. The van der Waals surface area contributed by atoms with Gasteiger partial charge in [0, 0.05) is 24.2 Å². The van der Waals surface area contributed by atoms with E-state index in [-0.39, 0.29) is 11.2 Å². The van der Waals surface area contributed by atoms with Gasteiger partial charge in [-0.1, -0.05) is 42.3 Å². The van der Waals surface area contributed by atoms with E-state index in [1.807, 2.05) is 4.90 Å². The molecule has 0 saturated carbocycles. The number of rotatable bonds is 4. The summed E-state index contributed by atoms with van der Waals surface area (Å²) in [7, 11) is 0. The topological polar surface area (TPSA) is 127 Å². The van der Waals surface area contributed by atoms with Crippen molar-refractivity contribution in [2.24, 2.45) is 11.5 Å². The van der Waals surface area contributed by atoms with Gasteiger partial charge >= 0.3 is 0 Å². The summed E-state index contributed by atoms with van der Waals surface area (Å²) in [4.78, 5) is 23.3. The van der Waals surface area contributed by atoms with E-state index in [1.54, 1.807) is 18.2 Å². The second kappa shape index (κ2) is 7.44. The highest BCUT2D eigenvalue weighted by Crippen LogP contribution is 2.37. The average molecular weight is 434 g/mol. The fraction of sp³-hybridized carbons (Fsp3) is 0.368. The zero-order chi connectivity index (χ0) is 20.8. The summed E-state index contributed by atoms with van der Waals surface area (Å²) in [6.45, 7) is 3.50. The van der Waals surface area contributed by atoms with Crippen LogP contribution in [0.4, 0.5) is 5.95 Å². The molecule has 1 aliphatic heterocycles. The highest BCUT2D eigenvalue weighted by atomic mass is 35.5. The normalized spacial score (nSPS) is 16.3. The second-order valence-corrected chi connectivity index (χ2v) is 8.12. The van der Waals surface area contributed by atoms with Gasteiger partial charge in [0.05, 0.1) is 15.4 Å². The Morgan fingerprint density at radius 3 is 2.66 bits per heavy atom. The number of aromatic nitrogens is 4. The van der Waals surface area contributed by atoms with Crippen molar-refractivity contribution in [2.75, 3.05) is 18.0 Å². The molecule has 0 spiro atoms. The first-order valence-electron chi connectivity index (χ1n) is 9.37. The van der Waals surface area contributed by atoms with Gasteiger partial charge in [-0.05, 0) is 25.3 Å². The Morgan fingerprint density at radius 1 is 1.28 bits per heavy atom. The second-order valence-electron chi connectivity index (χ2n) is 7.34. The molecule has 29 heavy (non-hydrogen) atoms. The third kappa shape index (κ3) is 3.52. The number of hydrogen-bond acceptors (Lipinski definition) is 6. The number of nitrogens with one attached hydrogen (secondary N) is 1. The van der Waals surface area contributed by atoms with E-state index in [9.17, 15) is 4.79 Å². The van der Waals surface area contributed by atoms with Crippen molar-refractivity contribution in [1.29, 1.82) is 0 Å². The Labute approximate surface area is 177 Å². The number of fused-ring (bicyclic) bond motifs is 1. The number of piperidine rings is 1. The van der Waals surface area contributed by atoms with E-state index in [4.69, 9.17) is 34.7 Å². The number of amides is 1. The minimum Gasteiger partial charge on any atom is -0.364 e. The first-order valence-corrected chi connectivity index (χ1v) is 10.1. The molecule has 0 aliphatic carbocycles. The summed E-state index contributed by atoms with van der Waals surface area (Å²) in [6, 6.07) is 5.19. The lowest BCUT2D eigenvalue weighted by molar-refractivity contribution is 0.0997. The number of nitrogens with two attached hydrogens (primary N) is 2. The monoisotopic (exact) mass is 433 g/mol. The number of hydrogen-bond donors (Lipinski definition) is 3. The third-order valence-electron chi connectivity index (χ3n) is 5.59. The summed E-state index contributed by atoms with van der Waals surface area (Å²) in [5, 5.41) is 8.32. The molecule has 1 aliphatic rings. The lowest BCUT2D eigenvalue weighted by Gasteiger charge is -2.38. The van der Waals surface area contributed by atoms with Crippen LogP contribution >= 0.6 is 23.2 Å². The lowest BCUT2D eigenvalue weighted by atomic mass is 9.86. The maximum Gasteiger partial charge on any atom is 0.268 e. The molecule has 0 unspecified atom stereocenters. The molecule has 10 heteroatoms. The van der Waals surface area contributed by atoms with Gasteiger partial charge in [-0.15, -0.1) is 0 Å². The molecule has 4 rings (SSSR count). The van der Waals surface area contributed by atoms with Gasteiger partial charge in [0.15, 0.2) is 5.65 Å². The minimum absolute atomic E-state index is 0.0878. The van der Waals surface area contributed by atoms with Crippen LogP contribution in [0, 0.1) is 0 Å². The van der Waals surface area contributed by atoms with E-state index < -0.39 is 5.91 Å². The van der Waals surface area contributed by atoms with Gasteiger partial charge in [-0.2, -0.15) is 10.1 Å². The fourth-order valence-corrected chi connectivity index (χ4v) is 4.02. The summed E-state index contributed by atoms with van der Waals surface area (Å²) in [5.74, 6) is -0.241. The van der Waals surface area contributed by atoms with Crippen LogP contribution in [0.15, 0.2) is 18.2 Å². The molecule has 3 heterocycles. The van der Waals surface area contributed by atoms with Crippen molar-refractivity contribution >= 4 is 46.1 Å². The smallest absolute Gasteiger partial charge is 0.268 e. The van der Waals surface area contributed by atoms with Crippen molar-refractivity contribution in [2.45, 2.75) is 31.7 Å². The first-order chi connectivity index (χ1) is 13.8. The molecule has 5 N–H and O–H groups in total. The Kier molecular flexibility index (Phi) is 5.10.